The Hall–Kier alpha value is -2.75. The summed E-state index contributed by atoms with van der Waals surface area (Å²) in [6.07, 6.45) is 0.888. The lowest BCUT2D eigenvalue weighted by molar-refractivity contribution is -0.149. The van der Waals surface area contributed by atoms with Crippen LogP contribution in [-0.2, 0) is 17.1 Å². The number of fused-ring (bicyclic) bond motifs is 1. The van der Waals surface area contributed by atoms with Crippen LogP contribution in [-0.4, -0.2) is 63.1 Å². The molecule has 148 valence electrons. The highest BCUT2D eigenvalue weighted by molar-refractivity contribution is 5.84. The number of hydrogen-bond donors (Lipinski definition) is 2. The van der Waals surface area contributed by atoms with Crippen LogP contribution in [0.15, 0.2) is 36.7 Å². The molecule has 4 rings (SSSR count). The number of nitrogens with zero attached hydrogens (tertiary/aromatic N) is 5. The molecule has 2 atom stereocenters. The molecule has 9 heteroatoms. The summed E-state index contributed by atoms with van der Waals surface area (Å²) in [5, 5.41) is 20.8. The molecule has 1 aliphatic rings. The van der Waals surface area contributed by atoms with Crippen LogP contribution >= 0.6 is 0 Å². The molecule has 2 N–H and O–H groups in total. The molecule has 0 spiro atoms. The third kappa shape index (κ3) is 2.97. The van der Waals surface area contributed by atoms with E-state index < -0.39 is 18.4 Å². The van der Waals surface area contributed by atoms with Gasteiger partial charge in [0.2, 0.25) is 0 Å². The molecule has 0 radical (unpaired) electrons. The number of benzene rings is 1. The van der Waals surface area contributed by atoms with E-state index in [-0.39, 0.29) is 12.6 Å². The van der Waals surface area contributed by atoms with E-state index >= 15 is 0 Å². The SMILES string of the molecule is CN(C)c1ncnc2c1nc(OCc1ccccc1)n2C1(CO)OCCC1O. The fraction of sp³-hybridized carbons (Fsp3) is 0.421. The summed E-state index contributed by atoms with van der Waals surface area (Å²) in [5.74, 6) is 0.605. The number of imidazole rings is 1. The number of hydrogen-bond acceptors (Lipinski definition) is 8. The molecule has 0 bridgehead atoms. The van der Waals surface area contributed by atoms with Crippen molar-refractivity contribution in [2.45, 2.75) is 24.9 Å². The van der Waals surface area contributed by atoms with E-state index in [1.165, 1.54) is 6.33 Å². The van der Waals surface area contributed by atoms with Gasteiger partial charge in [-0.2, -0.15) is 4.98 Å². The van der Waals surface area contributed by atoms with Gasteiger partial charge >= 0.3 is 6.01 Å². The maximum atomic E-state index is 10.6. The second kappa shape index (κ2) is 7.34. The van der Waals surface area contributed by atoms with Gasteiger partial charge < -0.3 is 24.6 Å². The lowest BCUT2D eigenvalue weighted by atomic mass is 10.1. The zero-order valence-corrected chi connectivity index (χ0v) is 15.8. The first-order chi connectivity index (χ1) is 13.6. The van der Waals surface area contributed by atoms with Crippen molar-refractivity contribution >= 4 is 17.0 Å². The standard InChI is InChI=1S/C19H23N5O4/c1-23(2)16-15-17(21-12-20-16)24(19(11-25)14(26)8-9-28-19)18(22-15)27-10-13-6-4-3-5-7-13/h3-7,12,14,25-26H,8-11H2,1-2H3. The van der Waals surface area contributed by atoms with E-state index in [0.29, 0.717) is 30.0 Å². The Kier molecular flexibility index (Phi) is 4.88. The number of aliphatic hydroxyl groups is 2. The van der Waals surface area contributed by atoms with Crippen LogP contribution in [0, 0.1) is 0 Å². The van der Waals surface area contributed by atoms with E-state index in [2.05, 4.69) is 15.0 Å². The number of aromatic nitrogens is 4. The molecule has 3 aromatic rings. The van der Waals surface area contributed by atoms with Crippen LogP contribution < -0.4 is 9.64 Å². The van der Waals surface area contributed by atoms with Gasteiger partial charge in [0.1, 0.15) is 19.0 Å². The van der Waals surface area contributed by atoms with Crippen molar-refractivity contribution < 1.29 is 19.7 Å². The lowest BCUT2D eigenvalue weighted by Gasteiger charge is -2.32. The predicted molar refractivity (Wildman–Crippen MR) is 102 cm³/mol. The Balaban J connectivity index is 1.86. The Morgan fingerprint density at radius 3 is 2.71 bits per heavy atom. The fourth-order valence-electron chi connectivity index (χ4n) is 3.45. The van der Waals surface area contributed by atoms with Crippen molar-refractivity contribution in [3.8, 4) is 6.01 Å². The molecule has 1 aromatic carbocycles. The van der Waals surface area contributed by atoms with Gasteiger partial charge in [-0.3, -0.25) is 0 Å². The number of ether oxygens (including phenoxy) is 2. The summed E-state index contributed by atoms with van der Waals surface area (Å²) < 4.78 is 13.4. The topological polar surface area (TPSA) is 106 Å². The second-order valence-corrected chi connectivity index (χ2v) is 6.92. The van der Waals surface area contributed by atoms with Gasteiger partial charge in [0, 0.05) is 20.5 Å². The van der Waals surface area contributed by atoms with E-state index in [9.17, 15) is 10.2 Å². The maximum Gasteiger partial charge on any atom is 0.301 e. The molecular weight excluding hydrogens is 362 g/mol. The summed E-state index contributed by atoms with van der Waals surface area (Å²) >= 11 is 0. The highest BCUT2D eigenvalue weighted by Gasteiger charge is 2.48. The molecule has 0 amide bonds. The average molecular weight is 385 g/mol. The monoisotopic (exact) mass is 385 g/mol. The smallest absolute Gasteiger partial charge is 0.301 e. The van der Waals surface area contributed by atoms with Crippen LogP contribution in [0.5, 0.6) is 6.01 Å². The molecule has 1 saturated heterocycles. The van der Waals surface area contributed by atoms with Crippen molar-refractivity contribution in [2.75, 3.05) is 32.2 Å². The van der Waals surface area contributed by atoms with E-state index in [0.717, 1.165) is 5.56 Å². The Morgan fingerprint density at radius 1 is 1.29 bits per heavy atom. The molecule has 9 nitrogen and oxygen atoms in total. The van der Waals surface area contributed by atoms with Crippen molar-refractivity contribution in [3.63, 3.8) is 0 Å². The fourth-order valence-corrected chi connectivity index (χ4v) is 3.45. The first kappa shape index (κ1) is 18.6. The maximum absolute atomic E-state index is 10.6. The van der Waals surface area contributed by atoms with Crippen molar-refractivity contribution in [2.24, 2.45) is 0 Å². The van der Waals surface area contributed by atoms with Crippen LogP contribution in [0.1, 0.15) is 12.0 Å². The lowest BCUT2D eigenvalue weighted by Crippen LogP contribution is -2.46. The number of rotatable bonds is 6. The quantitative estimate of drug-likeness (QED) is 0.645. The number of anilines is 1. The van der Waals surface area contributed by atoms with Gasteiger partial charge in [0.15, 0.2) is 22.7 Å². The summed E-state index contributed by atoms with van der Waals surface area (Å²) in [6.45, 7) is 0.139. The third-order valence-corrected chi connectivity index (χ3v) is 4.90. The minimum atomic E-state index is -1.40. The minimum absolute atomic E-state index is 0.206. The molecule has 1 aliphatic heterocycles. The zero-order chi connectivity index (χ0) is 19.7. The van der Waals surface area contributed by atoms with Gasteiger partial charge in [-0.15, -0.1) is 0 Å². The molecule has 3 heterocycles. The highest BCUT2D eigenvalue weighted by Crippen LogP contribution is 2.38. The molecule has 2 unspecified atom stereocenters. The highest BCUT2D eigenvalue weighted by atomic mass is 16.6. The van der Waals surface area contributed by atoms with Gasteiger partial charge in [0.25, 0.3) is 0 Å². The Bertz CT molecular complexity index is 962. The van der Waals surface area contributed by atoms with Crippen molar-refractivity contribution in [1.29, 1.82) is 0 Å². The molecule has 0 aliphatic carbocycles. The average Bonchev–Trinajstić information content (AvgIpc) is 3.27. The van der Waals surface area contributed by atoms with E-state index in [1.54, 1.807) is 4.57 Å². The van der Waals surface area contributed by atoms with Crippen molar-refractivity contribution in [3.05, 3.63) is 42.2 Å². The minimum Gasteiger partial charge on any atom is -0.460 e. The summed E-state index contributed by atoms with van der Waals surface area (Å²) in [4.78, 5) is 15.1. The second-order valence-electron chi connectivity index (χ2n) is 6.92. The Labute approximate surface area is 162 Å². The molecule has 2 aromatic heterocycles. The predicted octanol–water partition coefficient (Wildman–Crippen LogP) is 0.898. The summed E-state index contributed by atoms with van der Waals surface area (Å²) in [6, 6.07) is 9.88. The van der Waals surface area contributed by atoms with Crippen LogP contribution in [0.4, 0.5) is 5.82 Å². The van der Waals surface area contributed by atoms with Crippen LogP contribution in [0.2, 0.25) is 0 Å². The largest absolute Gasteiger partial charge is 0.460 e. The molecular formula is C19H23N5O4. The number of aliphatic hydroxyl groups excluding tert-OH is 2. The van der Waals surface area contributed by atoms with Gasteiger partial charge in [0.05, 0.1) is 13.2 Å². The van der Waals surface area contributed by atoms with Gasteiger partial charge in [-0.05, 0) is 5.56 Å². The molecule has 1 fully saturated rings. The van der Waals surface area contributed by atoms with Crippen LogP contribution in [0.3, 0.4) is 0 Å². The third-order valence-electron chi connectivity index (χ3n) is 4.90. The molecule has 0 saturated carbocycles. The normalized spacial score (nSPS) is 21.9. The molecule has 28 heavy (non-hydrogen) atoms. The van der Waals surface area contributed by atoms with Crippen molar-refractivity contribution in [1.82, 2.24) is 19.5 Å². The van der Waals surface area contributed by atoms with Gasteiger partial charge in [-0.1, -0.05) is 30.3 Å². The first-order valence-corrected chi connectivity index (χ1v) is 9.07. The van der Waals surface area contributed by atoms with E-state index in [4.69, 9.17) is 9.47 Å². The first-order valence-electron chi connectivity index (χ1n) is 9.07. The van der Waals surface area contributed by atoms with Crippen LogP contribution in [0.25, 0.3) is 11.2 Å². The zero-order valence-electron chi connectivity index (χ0n) is 15.8. The summed E-state index contributed by atoms with van der Waals surface area (Å²) in [5.41, 5.74) is 0.493. The van der Waals surface area contributed by atoms with Gasteiger partial charge in [-0.25, -0.2) is 14.5 Å². The van der Waals surface area contributed by atoms with E-state index in [1.807, 2.05) is 49.3 Å². The Morgan fingerprint density at radius 2 is 2.07 bits per heavy atom. The summed E-state index contributed by atoms with van der Waals surface area (Å²) in [7, 11) is 3.71.